The molecule has 2 aromatic carbocycles. The van der Waals surface area contributed by atoms with Crippen molar-refractivity contribution in [1.29, 1.82) is 0 Å². The normalized spacial score (nSPS) is 14.7. The van der Waals surface area contributed by atoms with Crippen molar-refractivity contribution in [2.45, 2.75) is 19.9 Å². The molecule has 1 atom stereocenters. The van der Waals surface area contributed by atoms with E-state index in [0.717, 1.165) is 11.3 Å². The average Bonchev–Trinajstić information content (AvgIpc) is 3.24. The highest BCUT2D eigenvalue weighted by Gasteiger charge is 2.31. The minimum atomic E-state index is -0.806. The van der Waals surface area contributed by atoms with E-state index in [1.165, 1.54) is 32.1 Å². The minimum absolute atomic E-state index is 0.142. The molecule has 1 aromatic heterocycles. The van der Waals surface area contributed by atoms with Crippen molar-refractivity contribution >= 4 is 23.4 Å². The summed E-state index contributed by atoms with van der Waals surface area (Å²) >= 11 is 1.16. The van der Waals surface area contributed by atoms with Crippen LogP contribution in [0.3, 0.4) is 0 Å². The van der Waals surface area contributed by atoms with Crippen molar-refractivity contribution < 1.29 is 33.6 Å². The number of thiazole rings is 1. The van der Waals surface area contributed by atoms with Gasteiger partial charge in [-0.05, 0) is 55.3 Å². The number of hydrogen-bond acceptors (Lipinski definition) is 10. The fraction of sp³-hybridized carbons (Fsp3) is 0.296. The molecule has 3 aromatic rings. The topological polar surface area (TPSA) is 118 Å². The van der Waals surface area contributed by atoms with Crippen molar-refractivity contribution in [3.05, 3.63) is 72.9 Å². The summed E-state index contributed by atoms with van der Waals surface area (Å²) < 4.78 is 28.8. The highest BCUT2D eigenvalue weighted by Crippen LogP contribution is 2.37. The van der Waals surface area contributed by atoms with E-state index in [2.05, 4.69) is 4.99 Å². The van der Waals surface area contributed by atoms with Gasteiger partial charge in [-0.2, -0.15) is 0 Å². The van der Waals surface area contributed by atoms with E-state index < -0.39 is 12.0 Å². The molecule has 200 valence electrons. The molecule has 0 saturated heterocycles. The number of fused-ring (bicyclic) bond motifs is 1. The smallest absolute Gasteiger partial charge is 0.337 e. The van der Waals surface area contributed by atoms with Crippen molar-refractivity contribution in [3.8, 4) is 28.7 Å². The van der Waals surface area contributed by atoms with E-state index in [4.69, 9.17) is 23.7 Å². The number of aromatic nitrogens is 1. The fourth-order valence-corrected chi connectivity index (χ4v) is 5.11. The van der Waals surface area contributed by atoms with Crippen LogP contribution in [-0.4, -0.2) is 50.2 Å². The number of benzene rings is 2. The summed E-state index contributed by atoms with van der Waals surface area (Å²) in [5.41, 5.74) is 1.05. The lowest BCUT2D eigenvalue weighted by Gasteiger charge is -2.23. The first-order valence-corrected chi connectivity index (χ1v) is 12.6. The average molecular weight is 541 g/mol. The van der Waals surface area contributed by atoms with E-state index in [9.17, 15) is 14.7 Å². The predicted octanol–water partition coefficient (Wildman–Crippen LogP) is 2.54. The highest BCUT2D eigenvalue weighted by molar-refractivity contribution is 7.07. The Morgan fingerprint density at radius 2 is 1.68 bits per heavy atom. The molecule has 0 aliphatic carbocycles. The Labute approximate surface area is 222 Å². The summed E-state index contributed by atoms with van der Waals surface area (Å²) in [6.07, 6.45) is 3.08. The van der Waals surface area contributed by atoms with Crippen LogP contribution in [0.2, 0.25) is 0 Å². The number of hydrogen-bond donors (Lipinski definition) is 1. The van der Waals surface area contributed by atoms with Gasteiger partial charge in [0.05, 0.1) is 50.7 Å². The Morgan fingerprint density at radius 1 is 1.03 bits per heavy atom. The van der Waals surface area contributed by atoms with Crippen LogP contribution >= 0.6 is 11.3 Å². The summed E-state index contributed by atoms with van der Waals surface area (Å²) in [6, 6.07) is 7.67. The van der Waals surface area contributed by atoms with Crippen LogP contribution in [0.25, 0.3) is 6.08 Å². The first-order chi connectivity index (χ1) is 18.4. The molecule has 10 nitrogen and oxygen atoms in total. The summed E-state index contributed by atoms with van der Waals surface area (Å²) in [4.78, 5) is 31.3. The Morgan fingerprint density at radius 3 is 2.29 bits per heavy atom. The third-order valence-electron chi connectivity index (χ3n) is 5.81. The van der Waals surface area contributed by atoms with E-state index >= 15 is 0 Å². The maximum atomic E-state index is 13.7. The van der Waals surface area contributed by atoms with E-state index in [0.29, 0.717) is 45.2 Å². The Balaban J connectivity index is 1.91. The molecule has 0 fully saturated rings. The van der Waals surface area contributed by atoms with Gasteiger partial charge in [-0.1, -0.05) is 17.4 Å². The zero-order chi connectivity index (χ0) is 27.4. The number of esters is 1. The third-order valence-corrected chi connectivity index (χ3v) is 6.81. The molecule has 11 heteroatoms. The maximum absolute atomic E-state index is 13.7. The number of carbonyl (C=O) groups is 1. The van der Waals surface area contributed by atoms with Crippen LogP contribution in [0.15, 0.2) is 51.9 Å². The van der Waals surface area contributed by atoms with E-state index in [1.807, 2.05) is 13.8 Å². The van der Waals surface area contributed by atoms with Crippen LogP contribution in [0.1, 0.15) is 31.0 Å². The van der Waals surface area contributed by atoms with Crippen LogP contribution in [-0.2, 0) is 9.53 Å². The number of phenolic OH excluding ortho intramolecular Hbond substituents is 1. The van der Waals surface area contributed by atoms with Gasteiger partial charge in [-0.3, -0.25) is 9.36 Å². The monoisotopic (exact) mass is 540 g/mol. The van der Waals surface area contributed by atoms with Crippen molar-refractivity contribution in [1.82, 2.24) is 4.57 Å². The molecule has 0 radical (unpaired) electrons. The Kier molecular flexibility index (Phi) is 8.06. The van der Waals surface area contributed by atoms with Crippen molar-refractivity contribution in [3.63, 3.8) is 0 Å². The standard InChI is InChI=1S/C27H28N2O8S/c1-6-36-18-9-8-16(13-19(18)37-7-2)23-17(26(32)35-5)14-28-27-29(23)25(31)22(38-27)12-15-10-20(33-3)24(30)21(11-15)34-4/h8-14,23,30H,6-7H2,1-5H3/b22-12-/t23-/m0/s1. The lowest BCUT2D eigenvalue weighted by Crippen LogP contribution is -2.39. The van der Waals surface area contributed by atoms with Gasteiger partial charge in [0.15, 0.2) is 27.8 Å². The van der Waals surface area contributed by atoms with Crippen LogP contribution in [0.4, 0.5) is 0 Å². The minimum Gasteiger partial charge on any atom is -0.502 e. The second-order valence-electron chi connectivity index (χ2n) is 8.02. The van der Waals surface area contributed by atoms with Gasteiger partial charge in [0.25, 0.3) is 5.56 Å². The fourth-order valence-electron chi connectivity index (χ4n) is 4.14. The number of nitrogens with zero attached hydrogens (tertiary/aromatic N) is 2. The van der Waals surface area contributed by atoms with Gasteiger partial charge in [0, 0.05) is 6.20 Å². The van der Waals surface area contributed by atoms with Crippen LogP contribution in [0.5, 0.6) is 28.7 Å². The number of carbonyl (C=O) groups excluding carboxylic acids is 1. The van der Waals surface area contributed by atoms with E-state index in [-0.39, 0.29) is 28.4 Å². The zero-order valence-corrected chi connectivity index (χ0v) is 22.5. The molecule has 1 aliphatic rings. The summed E-state index contributed by atoms with van der Waals surface area (Å²) in [5.74, 6) is 0.715. The molecule has 0 amide bonds. The number of aromatic hydroxyl groups is 1. The van der Waals surface area contributed by atoms with E-state index in [1.54, 1.807) is 36.4 Å². The number of ether oxygens (including phenoxy) is 5. The molecule has 2 heterocycles. The van der Waals surface area contributed by atoms with Gasteiger partial charge >= 0.3 is 5.97 Å². The molecule has 0 bridgehead atoms. The Hall–Kier alpha value is -4.25. The molecule has 0 spiro atoms. The predicted molar refractivity (Wildman–Crippen MR) is 141 cm³/mol. The van der Waals surface area contributed by atoms with Crippen molar-refractivity contribution in [2.24, 2.45) is 4.99 Å². The molecule has 0 saturated carbocycles. The molecular formula is C27H28N2O8S. The van der Waals surface area contributed by atoms with Gasteiger partial charge in [-0.15, -0.1) is 0 Å². The largest absolute Gasteiger partial charge is 0.502 e. The van der Waals surface area contributed by atoms with Gasteiger partial charge in [0.1, 0.15) is 0 Å². The Bertz CT molecular complexity index is 1550. The highest BCUT2D eigenvalue weighted by atomic mass is 32.1. The third kappa shape index (κ3) is 4.97. The quantitative estimate of drug-likeness (QED) is 0.412. The van der Waals surface area contributed by atoms with Gasteiger partial charge in [-0.25, -0.2) is 9.79 Å². The molecule has 38 heavy (non-hydrogen) atoms. The molecular weight excluding hydrogens is 512 g/mol. The SMILES string of the molecule is CCOc1ccc([C@H]2C(C(=O)OC)=CN=c3s/c(=C\c4cc(OC)c(O)c(OC)c4)c(=O)n32)cc1OCC. The number of methoxy groups -OCH3 is 3. The second kappa shape index (κ2) is 11.4. The number of phenols is 1. The first-order valence-electron chi connectivity index (χ1n) is 11.8. The molecule has 1 aliphatic heterocycles. The molecule has 4 rings (SSSR count). The van der Waals surface area contributed by atoms with Gasteiger partial charge in [0.2, 0.25) is 5.75 Å². The number of rotatable bonds is 9. The maximum Gasteiger partial charge on any atom is 0.337 e. The van der Waals surface area contributed by atoms with Crippen molar-refractivity contribution in [2.75, 3.05) is 34.5 Å². The van der Waals surface area contributed by atoms with Gasteiger partial charge < -0.3 is 28.8 Å². The summed E-state index contributed by atoms with van der Waals surface area (Å²) in [7, 11) is 4.13. The van der Waals surface area contributed by atoms with Crippen LogP contribution < -0.4 is 33.8 Å². The second-order valence-corrected chi connectivity index (χ2v) is 9.03. The molecule has 1 N–H and O–H groups in total. The lowest BCUT2D eigenvalue weighted by atomic mass is 9.97. The zero-order valence-electron chi connectivity index (χ0n) is 21.6. The first kappa shape index (κ1) is 26.8. The summed E-state index contributed by atoms with van der Waals surface area (Å²) in [6.45, 7) is 4.60. The lowest BCUT2D eigenvalue weighted by molar-refractivity contribution is -0.136. The molecule has 0 unspecified atom stereocenters. The van der Waals surface area contributed by atoms with Crippen LogP contribution in [0, 0.1) is 0 Å². The summed E-state index contributed by atoms with van der Waals surface area (Å²) in [5, 5.41) is 10.2.